The molecular weight excluding hydrogens is 332 g/mol. The van der Waals surface area contributed by atoms with Crippen LogP contribution in [0.3, 0.4) is 0 Å². The molecule has 1 aliphatic rings. The maximum absolute atomic E-state index is 13.9. The highest BCUT2D eigenvalue weighted by Crippen LogP contribution is 2.50. The number of carbonyl (C=O) groups is 1. The smallest absolute Gasteiger partial charge is 0.226 e. The van der Waals surface area contributed by atoms with Gasteiger partial charge in [0, 0.05) is 23.6 Å². The zero-order valence-electron chi connectivity index (χ0n) is 13.5. The molecular formula is C19H18ClF2NO. The molecule has 1 saturated carbocycles. The summed E-state index contributed by atoms with van der Waals surface area (Å²) in [6, 6.07) is 10.2. The Morgan fingerprint density at radius 2 is 1.96 bits per heavy atom. The largest absolute Gasteiger partial charge is 0.339 e. The minimum absolute atomic E-state index is 0.0731. The molecule has 0 saturated heterocycles. The number of amides is 1. The molecule has 3 atom stereocenters. The lowest BCUT2D eigenvalue weighted by Crippen LogP contribution is -2.31. The van der Waals surface area contributed by atoms with Crippen LogP contribution in [0.25, 0.3) is 0 Å². The summed E-state index contributed by atoms with van der Waals surface area (Å²) in [6.45, 7) is 1.70. The van der Waals surface area contributed by atoms with Gasteiger partial charge >= 0.3 is 0 Å². The van der Waals surface area contributed by atoms with Crippen molar-refractivity contribution in [1.82, 2.24) is 4.90 Å². The summed E-state index contributed by atoms with van der Waals surface area (Å²) in [4.78, 5) is 14.2. The monoisotopic (exact) mass is 349 g/mol. The minimum Gasteiger partial charge on any atom is -0.339 e. The van der Waals surface area contributed by atoms with E-state index in [-0.39, 0.29) is 23.3 Å². The lowest BCUT2D eigenvalue weighted by Gasteiger charge is -2.26. The fraction of sp³-hybridized carbons (Fsp3) is 0.316. The summed E-state index contributed by atoms with van der Waals surface area (Å²) >= 11 is 6.19. The molecule has 0 aliphatic heterocycles. The lowest BCUT2D eigenvalue weighted by molar-refractivity contribution is -0.133. The summed E-state index contributed by atoms with van der Waals surface area (Å²) in [7, 11) is 1.62. The second kappa shape index (κ2) is 6.52. The van der Waals surface area contributed by atoms with Crippen LogP contribution in [0.4, 0.5) is 8.78 Å². The molecule has 0 radical (unpaired) electrons. The number of rotatable bonds is 4. The SMILES string of the molecule is CC(c1cc(F)ccc1F)N(C)C(=O)C1CC1c1ccccc1Cl. The Labute approximate surface area is 145 Å². The first-order valence-electron chi connectivity index (χ1n) is 7.86. The molecule has 1 fully saturated rings. The van der Waals surface area contributed by atoms with Crippen molar-refractivity contribution < 1.29 is 13.6 Å². The van der Waals surface area contributed by atoms with Crippen LogP contribution in [0.5, 0.6) is 0 Å². The molecule has 2 aromatic rings. The van der Waals surface area contributed by atoms with Gasteiger partial charge in [0.1, 0.15) is 11.6 Å². The Morgan fingerprint density at radius 3 is 2.67 bits per heavy atom. The average Bonchev–Trinajstić information content (AvgIpc) is 3.36. The first-order chi connectivity index (χ1) is 11.4. The molecule has 0 spiro atoms. The zero-order chi connectivity index (χ0) is 17.4. The van der Waals surface area contributed by atoms with Crippen molar-refractivity contribution in [2.24, 2.45) is 5.92 Å². The van der Waals surface area contributed by atoms with Gasteiger partial charge in [-0.2, -0.15) is 0 Å². The zero-order valence-corrected chi connectivity index (χ0v) is 14.2. The van der Waals surface area contributed by atoms with Crippen LogP contribution in [0.15, 0.2) is 42.5 Å². The van der Waals surface area contributed by atoms with E-state index < -0.39 is 17.7 Å². The normalized spacial score (nSPS) is 20.5. The van der Waals surface area contributed by atoms with Crippen molar-refractivity contribution in [1.29, 1.82) is 0 Å². The molecule has 5 heteroatoms. The van der Waals surface area contributed by atoms with E-state index in [0.29, 0.717) is 5.02 Å². The highest BCUT2D eigenvalue weighted by Gasteiger charge is 2.46. The summed E-state index contributed by atoms with van der Waals surface area (Å²) in [5.74, 6) is -1.16. The van der Waals surface area contributed by atoms with Gasteiger partial charge in [-0.1, -0.05) is 29.8 Å². The molecule has 0 aromatic heterocycles. The van der Waals surface area contributed by atoms with Crippen LogP contribution in [0.1, 0.15) is 36.4 Å². The highest BCUT2D eigenvalue weighted by molar-refractivity contribution is 6.31. The third-order valence-electron chi connectivity index (χ3n) is 4.75. The van der Waals surface area contributed by atoms with E-state index in [2.05, 4.69) is 0 Å². The number of hydrogen-bond acceptors (Lipinski definition) is 1. The van der Waals surface area contributed by atoms with Crippen molar-refractivity contribution in [3.8, 4) is 0 Å². The molecule has 3 unspecified atom stereocenters. The Kier molecular flexibility index (Phi) is 4.59. The topological polar surface area (TPSA) is 20.3 Å². The molecule has 24 heavy (non-hydrogen) atoms. The van der Waals surface area contributed by atoms with Crippen molar-refractivity contribution in [3.63, 3.8) is 0 Å². The van der Waals surface area contributed by atoms with Crippen molar-refractivity contribution in [2.75, 3.05) is 7.05 Å². The average molecular weight is 350 g/mol. The van der Waals surface area contributed by atoms with E-state index in [1.165, 1.54) is 4.90 Å². The van der Waals surface area contributed by atoms with Crippen LogP contribution in [-0.2, 0) is 4.79 Å². The van der Waals surface area contributed by atoms with Gasteiger partial charge in [-0.3, -0.25) is 4.79 Å². The van der Waals surface area contributed by atoms with Crippen molar-refractivity contribution in [3.05, 3.63) is 70.2 Å². The van der Waals surface area contributed by atoms with E-state index in [4.69, 9.17) is 11.6 Å². The number of hydrogen-bond donors (Lipinski definition) is 0. The summed E-state index contributed by atoms with van der Waals surface area (Å²) in [5, 5.41) is 0.657. The Bertz CT molecular complexity index is 780. The third-order valence-corrected chi connectivity index (χ3v) is 5.09. The van der Waals surface area contributed by atoms with E-state index in [1.54, 1.807) is 14.0 Å². The van der Waals surface area contributed by atoms with Crippen molar-refractivity contribution in [2.45, 2.75) is 25.3 Å². The fourth-order valence-corrected chi connectivity index (χ4v) is 3.36. The second-order valence-electron chi connectivity index (χ2n) is 6.26. The summed E-state index contributed by atoms with van der Waals surface area (Å²) in [5.41, 5.74) is 1.15. The lowest BCUT2D eigenvalue weighted by atomic mass is 10.0. The number of benzene rings is 2. The van der Waals surface area contributed by atoms with Gasteiger partial charge in [0.15, 0.2) is 0 Å². The van der Waals surface area contributed by atoms with E-state index in [9.17, 15) is 13.6 Å². The van der Waals surface area contributed by atoms with Crippen LogP contribution in [0, 0.1) is 17.6 Å². The van der Waals surface area contributed by atoms with Crippen LogP contribution < -0.4 is 0 Å². The highest BCUT2D eigenvalue weighted by atomic mass is 35.5. The molecule has 1 amide bonds. The third kappa shape index (κ3) is 3.16. The second-order valence-corrected chi connectivity index (χ2v) is 6.67. The minimum atomic E-state index is -0.541. The Morgan fingerprint density at radius 1 is 1.25 bits per heavy atom. The van der Waals surface area contributed by atoms with Gasteiger partial charge in [0.25, 0.3) is 0 Å². The molecule has 126 valence electrons. The van der Waals surface area contributed by atoms with Crippen LogP contribution in [0.2, 0.25) is 5.02 Å². The van der Waals surface area contributed by atoms with Gasteiger partial charge < -0.3 is 4.90 Å². The van der Waals surface area contributed by atoms with Crippen LogP contribution in [-0.4, -0.2) is 17.9 Å². The predicted octanol–water partition coefficient (Wildman–Crippen LogP) is 4.94. The number of halogens is 3. The maximum Gasteiger partial charge on any atom is 0.226 e. The van der Waals surface area contributed by atoms with E-state index in [1.807, 2.05) is 24.3 Å². The maximum atomic E-state index is 13.9. The van der Waals surface area contributed by atoms with Crippen LogP contribution >= 0.6 is 11.6 Å². The van der Waals surface area contributed by atoms with E-state index in [0.717, 1.165) is 30.2 Å². The van der Waals surface area contributed by atoms with Gasteiger partial charge in [-0.25, -0.2) is 8.78 Å². The number of nitrogens with zero attached hydrogens (tertiary/aromatic N) is 1. The quantitative estimate of drug-likeness (QED) is 0.765. The molecule has 0 N–H and O–H groups in total. The number of carbonyl (C=O) groups excluding carboxylic acids is 1. The first-order valence-corrected chi connectivity index (χ1v) is 8.24. The Hall–Kier alpha value is -1.94. The molecule has 0 bridgehead atoms. The molecule has 2 nitrogen and oxygen atoms in total. The molecule has 3 rings (SSSR count). The first kappa shape index (κ1) is 16.9. The Balaban J connectivity index is 1.74. The van der Waals surface area contributed by atoms with Gasteiger partial charge in [-0.05, 0) is 49.1 Å². The summed E-state index contributed by atoms with van der Waals surface area (Å²) < 4.78 is 27.3. The molecule has 0 heterocycles. The summed E-state index contributed by atoms with van der Waals surface area (Å²) in [6.07, 6.45) is 0.727. The fourth-order valence-electron chi connectivity index (χ4n) is 3.08. The van der Waals surface area contributed by atoms with Gasteiger partial charge in [-0.15, -0.1) is 0 Å². The molecule has 1 aliphatic carbocycles. The van der Waals surface area contributed by atoms with Crippen molar-refractivity contribution >= 4 is 17.5 Å². The van der Waals surface area contributed by atoms with Gasteiger partial charge in [0.2, 0.25) is 5.91 Å². The van der Waals surface area contributed by atoms with Gasteiger partial charge in [0.05, 0.1) is 6.04 Å². The van der Waals surface area contributed by atoms with E-state index >= 15 is 0 Å². The predicted molar refractivity (Wildman–Crippen MR) is 89.8 cm³/mol. The standard InChI is InChI=1S/C19H18ClF2NO/c1-11(14-9-12(21)7-8-18(14)22)23(2)19(24)16-10-15(16)13-5-3-4-6-17(13)20/h3-9,11,15-16H,10H2,1-2H3. The molecule has 2 aromatic carbocycles.